The summed E-state index contributed by atoms with van der Waals surface area (Å²) >= 11 is 1.33. The third-order valence-corrected chi connectivity index (χ3v) is 8.65. The molecule has 2 aromatic carbocycles. The Labute approximate surface area is 198 Å². The zero-order valence-corrected chi connectivity index (χ0v) is 20.3. The van der Waals surface area contributed by atoms with Crippen molar-refractivity contribution in [1.29, 1.82) is 0 Å². The second-order valence-electron chi connectivity index (χ2n) is 8.01. The van der Waals surface area contributed by atoms with Gasteiger partial charge in [0.05, 0.1) is 10.1 Å². The van der Waals surface area contributed by atoms with E-state index in [1.165, 1.54) is 16.1 Å². The molecule has 8 nitrogen and oxygen atoms in total. The predicted molar refractivity (Wildman–Crippen MR) is 129 cm³/mol. The van der Waals surface area contributed by atoms with Gasteiger partial charge in [-0.05, 0) is 49.6 Å². The van der Waals surface area contributed by atoms with E-state index >= 15 is 0 Å². The van der Waals surface area contributed by atoms with E-state index < -0.39 is 15.3 Å². The highest BCUT2D eigenvalue weighted by atomic mass is 32.2. The lowest BCUT2D eigenvalue weighted by Gasteiger charge is -2.16. The Hall–Kier alpha value is -2.69. The van der Waals surface area contributed by atoms with Crippen molar-refractivity contribution in [2.24, 2.45) is 7.05 Å². The Morgan fingerprint density at radius 2 is 1.73 bits per heavy atom. The summed E-state index contributed by atoms with van der Waals surface area (Å²) in [5, 5.41) is 11.6. The smallest absolute Gasteiger partial charge is 0.243 e. The molecule has 1 saturated heterocycles. The maximum Gasteiger partial charge on any atom is 0.243 e. The lowest BCUT2D eigenvalue weighted by Crippen LogP contribution is -2.27. The van der Waals surface area contributed by atoms with Gasteiger partial charge in [0, 0.05) is 32.2 Å². The molecule has 2 heterocycles. The number of hydrogen-bond donors (Lipinski definition) is 1. The van der Waals surface area contributed by atoms with Crippen molar-refractivity contribution >= 4 is 33.4 Å². The van der Waals surface area contributed by atoms with Crippen LogP contribution in [0.25, 0.3) is 0 Å². The van der Waals surface area contributed by atoms with Gasteiger partial charge in [0.1, 0.15) is 5.82 Å². The molecule has 33 heavy (non-hydrogen) atoms. The highest BCUT2D eigenvalue weighted by molar-refractivity contribution is 8.00. The first kappa shape index (κ1) is 23.5. The summed E-state index contributed by atoms with van der Waals surface area (Å²) in [5.41, 5.74) is 1.70. The van der Waals surface area contributed by atoms with Gasteiger partial charge in [-0.2, -0.15) is 4.31 Å². The van der Waals surface area contributed by atoms with E-state index in [1.54, 1.807) is 31.2 Å². The van der Waals surface area contributed by atoms with E-state index in [0.29, 0.717) is 30.4 Å². The van der Waals surface area contributed by atoms with Crippen molar-refractivity contribution in [3.05, 3.63) is 66.0 Å². The first-order valence-electron chi connectivity index (χ1n) is 10.8. The summed E-state index contributed by atoms with van der Waals surface area (Å²) in [6.07, 6.45) is 2.45. The van der Waals surface area contributed by atoms with Crippen LogP contribution in [0.3, 0.4) is 0 Å². The Morgan fingerprint density at radius 1 is 1.06 bits per heavy atom. The molecule has 3 aromatic rings. The first-order chi connectivity index (χ1) is 15.8. The Bertz CT molecular complexity index is 1200. The van der Waals surface area contributed by atoms with Gasteiger partial charge >= 0.3 is 0 Å². The molecule has 0 spiro atoms. The second kappa shape index (κ2) is 10.1. The number of carbonyl (C=O) groups excluding carboxylic acids is 1. The molecule has 1 N–H and O–H groups in total. The number of sulfonamides is 1. The number of rotatable bonds is 8. The van der Waals surface area contributed by atoms with Crippen LogP contribution in [0.5, 0.6) is 0 Å². The second-order valence-corrected chi connectivity index (χ2v) is 11.3. The molecular formula is C23H27N5O3S2. The topological polar surface area (TPSA) is 97.2 Å². The lowest BCUT2D eigenvalue weighted by atomic mass is 10.1. The maximum atomic E-state index is 12.7. The van der Waals surface area contributed by atoms with Gasteiger partial charge in [-0.15, -0.1) is 10.2 Å². The predicted octanol–water partition coefficient (Wildman–Crippen LogP) is 3.31. The van der Waals surface area contributed by atoms with Crippen molar-refractivity contribution in [2.45, 2.75) is 41.5 Å². The molecule has 0 aliphatic carbocycles. The van der Waals surface area contributed by atoms with Crippen LogP contribution in [0.15, 0.2) is 64.6 Å². The van der Waals surface area contributed by atoms with E-state index in [4.69, 9.17) is 0 Å². The highest BCUT2D eigenvalue weighted by Gasteiger charge is 2.27. The van der Waals surface area contributed by atoms with Gasteiger partial charge in [-0.25, -0.2) is 8.42 Å². The molecule has 0 bridgehead atoms. The zero-order chi connectivity index (χ0) is 23.4. The highest BCUT2D eigenvalue weighted by Crippen LogP contribution is 2.25. The Kier molecular flexibility index (Phi) is 7.16. The van der Waals surface area contributed by atoms with Gasteiger partial charge in [0.15, 0.2) is 5.16 Å². The molecule has 174 valence electrons. The van der Waals surface area contributed by atoms with Gasteiger partial charge in [0.25, 0.3) is 0 Å². The van der Waals surface area contributed by atoms with Crippen molar-refractivity contribution in [3.63, 3.8) is 0 Å². The molecule has 1 fully saturated rings. The average molecular weight is 486 g/mol. The number of thioether (sulfide) groups is 1. The summed E-state index contributed by atoms with van der Waals surface area (Å²) in [6.45, 7) is 2.92. The molecule has 0 radical (unpaired) electrons. The minimum Gasteiger partial charge on any atom is -0.325 e. The van der Waals surface area contributed by atoms with Crippen LogP contribution in [-0.4, -0.2) is 51.7 Å². The number of anilines is 1. The maximum absolute atomic E-state index is 12.7. The molecule has 0 saturated carbocycles. The van der Waals surface area contributed by atoms with E-state index in [-0.39, 0.29) is 10.8 Å². The summed E-state index contributed by atoms with van der Waals surface area (Å²) in [6, 6.07) is 16.4. The van der Waals surface area contributed by atoms with E-state index in [2.05, 4.69) is 15.5 Å². The van der Waals surface area contributed by atoms with Gasteiger partial charge < -0.3 is 9.88 Å². The van der Waals surface area contributed by atoms with Crippen LogP contribution < -0.4 is 5.32 Å². The largest absolute Gasteiger partial charge is 0.325 e. The molecule has 1 aromatic heterocycles. The molecule has 1 atom stereocenters. The number of aromatic nitrogens is 3. The van der Waals surface area contributed by atoms with E-state index in [1.807, 2.05) is 41.9 Å². The zero-order valence-electron chi connectivity index (χ0n) is 18.6. The normalized spacial score (nSPS) is 15.5. The van der Waals surface area contributed by atoms with E-state index in [0.717, 1.165) is 24.2 Å². The van der Waals surface area contributed by atoms with E-state index in [9.17, 15) is 13.2 Å². The summed E-state index contributed by atoms with van der Waals surface area (Å²) in [4.78, 5) is 12.9. The average Bonchev–Trinajstić information content (AvgIpc) is 3.47. The molecular weight excluding hydrogens is 458 g/mol. The fourth-order valence-corrected chi connectivity index (χ4v) is 5.97. The number of carbonyl (C=O) groups is 1. The number of hydrogen-bond acceptors (Lipinski definition) is 6. The molecule has 1 aliphatic heterocycles. The fraction of sp³-hybridized carbons (Fsp3) is 0.348. The molecule has 1 aliphatic rings. The number of benzene rings is 2. The van der Waals surface area contributed by atoms with Crippen LogP contribution in [-0.2, 0) is 28.3 Å². The van der Waals surface area contributed by atoms with Crippen molar-refractivity contribution < 1.29 is 13.2 Å². The molecule has 1 amide bonds. The fourth-order valence-electron chi connectivity index (χ4n) is 3.62. The number of nitrogens with one attached hydrogen (secondary N) is 1. The Morgan fingerprint density at radius 3 is 2.39 bits per heavy atom. The molecule has 10 heteroatoms. The summed E-state index contributed by atoms with van der Waals surface area (Å²) in [5.74, 6) is 0.633. The number of amides is 1. The summed E-state index contributed by atoms with van der Waals surface area (Å²) in [7, 11) is -1.57. The van der Waals surface area contributed by atoms with Crippen molar-refractivity contribution in [3.8, 4) is 0 Å². The van der Waals surface area contributed by atoms with Crippen LogP contribution in [0, 0.1) is 0 Å². The van der Waals surface area contributed by atoms with Gasteiger partial charge in [-0.3, -0.25) is 4.79 Å². The van der Waals surface area contributed by atoms with Crippen molar-refractivity contribution in [2.75, 3.05) is 18.4 Å². The first-order valence-corrected chi connectivity index (χ1v) is 13.2. The quantitative estimate of drug-likeness (QED) is 0.492. The van der Waals surface area contributed by atoms with Gasteiger partial charge in [-0.1, -0.05) is 42.1 Å². The Balaban J connectivity index is 1.36. The standard InChI is InChI=1S/C23H27N5O3S2/c1-17(32-23-26-25-21(27(23)2)16-18-8-4-3-5-9-18)22(29)24-19-10-12-20(13-11-19)33(30,31)28-14-6-7-15-28/h3-5,8-13,17H,6-7,14-16H2,1-2H3,(H,24,29)/t17-/m1/s1. The van der Waals surface area contributed by atoms with Crippen LogP contribution in [0.2, 0.25) is 0 Å². The van der Waals surface area contributed by atoms with Crippen molar-refractivity contribution in [1.82, 2.24) is 19.1 Å². The molecule has 0 unspecified atom stereocenters. The third kappa shape index (κ3) is 5.45. The lowest BCUT2D eigenvalue weighted by molar-refractivity contribution is -0.115. The van der Waals surface area contributed by atoms with Crippen LogP contribution in [0.1, 0.15) is 31.2 Å². The molecule has 4 rings (SSSR count). The monoisotopic (exact) mass is 485 g/mol. The van der Waals surface area contributed by atoms with Crippen LogP contribution in [0.4, 0.5) is 5.69 Å². The minimum absolute atomic E-state index is 0.192. The van der Waals surface area contributed by atoms with Gasteiger partial charge in [0.2, 0.25) is 15.9 Å². The summed E-state index contributed by atoms with van der Waals surface area (Å²) < 4.78 is 28.7. The minimum atomic E-state index is -3.47. The SMILES string of the molecule is C[C@@H](Sc1nnc(Cc2ccccc2)n1C)C(=O)Nc1ccc(S(=O)(=O)N2CCCC2)cc1. The van der Waals surface area contributed by atoms with Crippen LogP contribution >= 0.6 is 11.8 Å². The third-order valence-electron chi connectivity index (χ3n) is 5.61. The number of nitrogens with zero attached hydrogens (tertiary/aromatic N) is 4.